The number of hydrogen-bond donors (Lipinski definition) is 0. The summed E-state index contributed by atoms with van der Waals surface area (Å²) in [5, 5.41) is 0.700. The summed E-state index contributed by atoms with van der Waals surface area (Å²) in [4.78, 5) is 22.0. The van der Waals surface area contributed by atoms with Gasteiger partial charge >= 0.3 is 5.97 Å². The Bertz CT molecular complexity index is 816. The van der Waals surface area contributed by atoms with Gasteiger partial charge in [0.05, 0.1) is 0 Å². The molecule has 0 saturated heterocycles. The normalized spacial score (nSPS) is 10.7. The van der Waals surface area contributed by atoms with Crippen LogP contribution in [0.4, 0.5) is 0 Å². The van der Waals surface area contributed by atoms with Crippen LogP contribution in [0.5, 0.6) is 5.75 Å². The zero-order valence-electron chi connectivity index (χ0n) is 11.5. The van der Waals surface area contributed by atoms with E-state index in [2.05, 4.69) is 0 Å². The van der Waals surface area contributed by atoms with Crippen molar-refractivity contribution in [1.29, 1.82) is 0 Å². The van der Waals surface area contributed by atoms with E-state index in [0.29, 0.717) is 11.1 Å². The standard InChI is InChI=1S/C15H11O4PS2/c1-10(16)15(17)19-13-6-2-11(3-7-13)12-4-8-14(9-5-12)20(18)22-21/h2-9H,1H3. The maximum Gasteiger partial charge on any atom is 0.379 e. The number of Topliss-reactive ketones (excluding diaryl/α,β-unsaturated/α-hetero) is 1. The van der Waals surface area contributed by atoms with Crippen LogP contribution in [0.1, 0.15) is 6.92 Å². The highest BCUT2D eigenvalue weighted by atomic mass is 32.9. The Morgan fingerprint density at radius 3 is 1.95 bits per heavy atom. The first kappa shape index (κ1) is 16.5. The second-order valence-electron chi connectivity index (χ2n) is 4.35. The molecule has 0 heterocycles. The fourth-order valence-corrected chi connectivity index (χ4v) is 3.59. The Morgan fingerprint density at radius 2 is 1.50 bits per heavy atom. The van der Waals surface area contributed by atoms with E-state index < -0.39 is 18.3 Å². The van der Waals surface area contributed by atoms with E-state index in [4.69, 9.17) is 15.9 Å². The van der Waals surface area contributed by atoms with Crippen LogP contribution < -0.4 is 10.0 Å². The number of rotatable bonds is 4. The van der Waals surface area contributed by atoms with Crippen LogP contribution in [0.15, 0.2) is 48.5 Å². The van der Waals surface area contributed by atoms with Crippen molar-refractivity contribution in [2.24, 2.45) is 0 Å². The maximum atomic E-state index is 11.6. The summed E-state index contributed by atoms with van der Waals surface area (Å²) in [5.41, 5.74) is 1.85. The molecule has 0 N–H and O–H groups in total. The van der Waals surface area contributed by atoms with Crippen LogP contribution in [0.3, 0.4) is 0 Å². The second-order valence-corrected chi connectivity index (χ2v) is 8.31. The lowest BCUT2D eigenvalue weighted by Crippen LogP contribution is -2.16. The summed E-state index contributed by atoms with van der Waals surface area (Å²) in [6.07, 6.45) is 0. The van der Waals surface area contributed by atoms with Crippen LogP contribution >= 0.6 is 6.58 Å². The molecule has 7 heteroatoms. The lowest BCUT2D eigenvalue weighted by molar-refractivity contribution is -0.146. The van der Waals surface area contributed by atoms with E-state index in [-0.39, 0.29) is 0 Å². The topological polar surface area (TPSA) is 60.4 Å². The van der Waals surface area contributed by atoms with E-state index in [1.54, 1.807) is 36.4 Å². The maximum absolute atomic E-state index is 11.6. The predicted molar refractivity (Wildman–Crippen MR) is 90.2 cm³/mol. The molecule has 0 aliphatic rings. The number of ketones is 1. The molecule has 112 valence electrons. The van der Waals surface area contributed by atoms with Crippen LogP contribution in [0.25, 0.3) is 11.1 Å². The quantitative estimate of drug-likeness (QED) is 0.367. The molecule has 2 aromatic carbocycles. The van der Waals surface area contributed by atoms with Gasteiger partial charge < -0.3 is 4.74 Å². The Hall–Kier alpha value is -1.88. The van der Waals surface area contributed by atoms with Gasteiger partial charge in [-0.25, -0.2) is 4.79 Å². The Labute approximate surface area is 135 Å². The van der Waals surface area contributed by atoms with Gasteiger partial charge in [-0.3, -0.25) is 9.36 Å². The van der Waals surface area contributed by atoms with E-state index in [0.717, 1.165) is 27.5 Å². The molecule has 0 radical (unpaired) electrons. The largest absolute Gasteiger partial charge is 0.421 e. The van der Waals surface area contributed by atoms with Gasteiger partial charge in [-0.05, 0) is 56.1 Å². The lowest BCUT2D eigenvalue weighted by atomic mass is 10.1. The first-order chi connectivity index (χ1) is 10.5. The molecule has 4 nitrogen and oxygen atoms in total. The highest BCUT2D eigenvalue weighted by Crippen LogP contribution is 2.22. The van der Waals surface area contributed by atoms with Gasteiger partial charge in [0.2, 0.25) is 5.78 Å². The molecule has 0 fully saturated rings. The predicted octanol–water partition coefficient (Wildman–Crippen LogP) is 2.76. The molecular weight excluding hydrogens is 339 g/mol. The van der Waals surface area contributed by atoms with Crippen molar-refractivity contribution in [2.75, 3.05) is 0 Å². The summed E-state index contributed by atoms with van der Waals surface area (Å²) in [6, 6.07) is 14.0. The highest BCUT2D eigenvalue weighted by molar-refractivity contribution is 8.34. The van der Waals surface area contributed by atoms with Crippen LogP contribution in [-0.2, 0) is 34.8 Å². The van der Waals surface area contributed by atoms with E-state index in [1.807, 2.05) is 12.1 Å². The van der Waals surface area contributed by atoms with Gasteiger partial charge in [0.15, 0.2) is 6.58 Å². The average Bonchev–Trinajstić information content (AvgIpc) is 2.55. The van der Waals surface area contributed by atoms with Crippen molar-refractivity contribution in [2.45, 2.75) is 6.92 Å². The number of hydrogen-bond acceptors (Lipinski definition) is 5. The first-order valence-electron chi connectivity index (χ1n) is 6.21. The summed E-state index contributed by atoms with van der Waals surface area (Å²) in [7, 11) is 0.906. The van der Waals surface area contributed by atoms with Crippen LogP contribution in [-0.4, -0.2) is 11.8 Å². The van der Waals surface area contributed by atoms with Gasteiger partial charge in [-0.1, -0.05) is 24.3 Å². The van der Waals surface area contributed by atoms with Gasteiger partial charge in [0.1, 0.15) is 5.75 Å². The van der Waals surface area contributed by atoms with Gasteiger partial charge in [-0.15, -0.1) is 0 Å². The molecule has 0 aliphatic carbocycles. The SMILES string of the molecule is CC(=O)C(=O)Oc1ccc(-c2ccc(P(=O)=S=S)cc2)cc1. The van der Waals surface area contributed by atoms with Gasteiger partial charge in [0, 0.05) is 12.2 Å². The molecule has 2 aromatic rings. The van der Waals surface area contributed by atoms with E-state index in [1.165, 1.54) is 0 Å². The van der Waals surface area contributed by atoms with Crippen molar-refractivity contribution in [3.05, 3.63) is 48.5 Å². The minimum absolute atomic E-state index is 0.311. The van der Waals surface area contributed by atoms with Crippen molar-refractivity contribution >= 4 is 44.3 Å². The molecule has 1 unspecified atom stereocenters. The average molecular weight is 350 g/mol. The zero-order valence-corrected chi connectivity index (χ0v) is 14.0. The minimum Gasteiger partial charge on any atom is -0.421 e. The minimum atomic E-state index is -1.58. The zero-order chi connectivity index (χ0) is 16.1. The fourth-order valence-electron chi connectivity index (χ4n) is 1.71. The molecule has 0 aromatic heterocycles. The second kappa shape index (κ2) is 7.40. The number of ether oxygens (including phenoxy) is 1. The Balaban J connectivity index is 2.20. The summed E-state index contributed by atoms with van der Waals surface area (Å²) >= 11 is 4.72. The van der Waals surface area contributed by atoms with Crippen LogP contribution in [0, 0.1) is 0 Å². The number of benzene rings is 2. The molecule has 22 heavy (non-hydrogen) atoms. The molecular formula is C15H11O4PS2. The third-order valence-corrected chi connectivity index (χ3v) is 5.94. The summed E-state index contributed by atoms with van der Waals surface area (Å²) in [6.45, 7) is -0.427. The highest BCUT2D eigenvalue weighted by Gasteiger charge is 2.10. The van der Waals surface area contributed by atoms with Gasteiger partial charge in [-0.2, -0.15) is 0 Å². The monoisotopic (exact) mass is 350 g/mol. The number of carbonyl (C=O) groups excluding carboxylic acids is 2. The molecule has 0 amide bonds. The summed E-state index contributed by atoms with van der Waals surface area (Å²) < 4.78 is 16.5. The smallest absolute Gasteiger partial charge is 0.379 e. The number of esters is 1. The van der Waals surface area contributed by atoms with Crippen molar-refractivity contribution < 1.29 is 18.9 Å². The van der Waals surface area contributed by atoms with Crippen molar-refractivity contribution in [1.82, 2.24) is 0 Å². The Morgan fingerprint density at radius 1 is 1.00 bits per heavy atom. The number of carbonyl (C=O) groups is 2. The molecule has 1 atom stereocenters. The molecule has 0 bridgehead atoms. The molecule has 0 saturated carbocycles. The van der Waals surface area contributed by atoms with Crippen LogP contribution in [0.2, 0.25) is 0 Å². The molecule has 0 aliphatic heterocycles. The Kier molecular flexibility index (Phi) is 5.55. The lowest BCUT2D eigenvalue weighted by Gasteiger charge is -2.05. The first-order valence-corrected chi connectivity index (χ1v) is 9.82. The van der Waals surface area contributed by atoms with E-state index >= 15 is 0 Å². The van der Waals surface area contributed by atoms with Gasteiger partial charge in [0.25, 0.3) is 0 Å². The fraction of sp³-hybridized carbons (Fsp3) is 0.0667. The molecule has 0 spiro atoms. The third-order valence-electron chi connectivity index (χ3n) is 2.83. The van der Waals surface area contributed by atoms with Crippen molar-refractivity contribution in [3.63, 3.8) is 0 Å². The van der Waals surface area contributed by atoms with Crippen molar-refractivity contribution in [3.8, 4) is 16.9 Å². The summed E-state index contributed by atoms with van der Waals surface area (Å²) in [5.74, 6) is -1.22. The third kappa shape index (κ3) is 4.07. The van der Waals surface area contributed by atoms with E-state index in [9.17, 15) is 14.2 Å². The molecule has 2 rings (SSSR count).